The smallest absolute Gasteiger partial charge is 0.408 e. The Labute approximate surface area is 127 Å². The molecule has 0 aliphatic rings. The molecular weight excluding hydrogens is 280 g/mol. The van der Waals surface area contributed by atoms with Crippen molar-refractivity contribution in [2.75, 3.05) is 0 Å². The van der Waals surface area contributed by atoms with E-state index in [-0.39, 0.29) is 5.91 Å². The molecule has 5 heteroatoms. The number of oxazole rings is 1. The Balaban J connectivity index is 1.77. The number of nitrogens with zero attached hydrogens (tertiary/aromatic N) is 1. The number of fused-ring (bicyclic) bond motifs is 1. The molecule has 3 rings (SSSR count). The summed E-state index contributed by atoms with van der Waals surface area (Å²) in [6.07, 6.45) is 0. The number of aromatic nitrogens is 1. The number of carbonyl (C=O) groups is 1. The average Bonchev–Trinajstić information content (AvgIpc) is 2.80. The van der Waals surface area contributed by atoms with Crippen LogP contribution in [0.25, 0.3) is 11.1 Å². The van der Waals surface area contributed by atoms with E-state index in [4.69, 9.17) is 4.42 Å². The molecule has 0 saturated carbocycles. The summed E-state index contributed by atoms with van der Waals surface area (Å²) in [5.74, 6) is -0.513. The van der Waals surface area contributed by atoms with Crippen LogP contribution in [0.1, 0.15) is 21.5 Å². The second-order valence-electron chi connectivity index (χ2n) is 5.28. The highest BCUT2D eigenvalue weighted by atomic mass is 16.4. The molecule has 0 atom stereocenters. The maximum atomic E-state index is 12.1. The van der Waals surface area contributed by atoms with Gasteiger partial charge in [-0.25, -0.2) is 4.79 Å². The standard InChI is InChI=1S/C17H16N2O3/c1-11-4-3-5-13(8-11)16(20)18-10-12-6-7-15-14(9-12)19(2)17(21)22-15/h3-9H,10H2,1-2H3,(H,18,20). The Hall–Kier alpha value is -2.82. The Kier molecular flexibility index (Phi) is 3.55. The van der Waals surface area contributed by atoms with Crippen molar-refractivity contribution < 1.29 is 9.21 Å². The van der Waals surface area contributed by atoms with Crippen molar-refractivity contribution in [2.45, 2.75) is 13.5 Å². The molecule has 0 aliphatic carbocycles. The van der Waals surface area contributed by atoms with Crippen molar-refractivity contribution in [3.8, 4) is 0 Å². The first-order valence-electron chi connectivity index (χ1n) is 6.98. The lowest BCUT2D eigenvalue weighted by Crippen LogP contribution is -2.22. The normalized spacial score (nSPS) is 10.8. The van der Waals surface area contributed by atoms with Gasteiger partial charge in [0.1, 0.15) is 0 Å². The molecule has 1 heterocycles. The lowest BCUT2D eigenvalue weighted by atomic mass is 10.1. The number of hydrogen-bond donors (Lipinski definition) is 1. The fourth-order valence-electron chi connectivity index (χ4n) is 2.35. The summed E-state index contributed by atoms with van der Waals surface area (Å²) in [6, 6.07) is 12.9. The molecule has 0 unspecified atom stereocenters. The van der Waals surface area contributed by atoms with E-state index in [1.807, 2.05) is 37.3 Å². The van der Waals surface area contributed by atoms with Gasteiger partial charge in [-0.15, -0.1) is 0 Å². The number of nitrogens with one attached hydrogen (secondary N) is 1. The van der Waals surface area contributed by atoms with E-state index in [0.29, 0.717) is 23.2 Å². The second kappa shape index (κ2) is 5.52. The van der Waals surface area contributed by atoms with Crippen LogP contribution in [-0.4, -0.2) is 10.5 Å². The minimum Gasteiger partial charge on any atom is -0.408 e. The third kappa shape index (κ3) is 2.65. The summed E-state index contributed by atoms with van der Waals surface area (Å²) >= 11 is 0. The number of aryl methyl sites for hydroxylation is 2. The third-order valence-corrected chi connectivity index (χ3v) is 3.59. The van der Waals surface area contributed by atoms with Crippen molar-refractivity contribution in [2.24, 2.45) is 7.05 Å². The molecule has 112 valence electrons. The van der Waals surface area contributed by atoms with Crippen LogP contribution in [-0.2, 0) is 13.6 Å². The molecule has 3 aromatic rings. The summed E-state index contributed by atoms with van der Waals surface area (Å²) in [6.45, 7) is 2.34. The number of amides is 1. The molecular formula is C17H16N2O3. The van der Waals surface area contributed by atoms with Gasteiger partial charge in [-0.05, 0) is 36.8 Å². The molecule has 1 aromatic heterocycles. The summed E-state index contributed by atoms with van der Waals surface area (Å²) in [7, 11) is 1.66. The molecule has 0 saturated heterocycles. The minimum absolute atomic E-state index is 0.120. The fourth-order valence-corrected chi connectivity index (χ4v) is 2.35. The quantitative estimate of drug-likeness (QED) is 0.807. The van der Waals surface area contributed by atoms with E-state index < -0.39 is 5.76 Å². The van der Waals surface area contributed by atoms with Gasteiger partial charge in [0, 0.05) is 19.2 Å². The monoisotopic (exact) mass is 296 g/mol. The van der Waals surface area contributed by atoms with Gasteiger partial charge in [-0.2, -0.15) is 0 Å². The molecule has 0 bridgehead atoms. The lowest BCUT2D eigenvalue weighted by Gasteiger charge is -2.06. The lowest BCUT2D eigenvalue weighted by molar-refractivity contribution is 0.0951. The third-order valence-electron chi connectivity index (χ3n) is 3.59. The van der Waals surface area contributed by atoms with Gasteiger partial charge in [-0.1, -0.05) is 23.8 Å². The highest BCUT2D eigenvalue weighted by Crippen LogP contribution is 2.14. The van der Waals surface area contributed by atoms with E-state index in [1.165, 1.54) is 4.57 Å². The summed E-state index contributed by atoms with van der Waals surface area (Å²) in [5.41, 5.74) is 3.85. The van der Waals surface area contributed by atoms with Crippen molar-refractivity contribution in [1.82, 2.24) is 9.88 Å². The molecule has 0 radical (unpaired) electrons. The van der Waals surface area contributed by atoms with Crippen molar-refractivity contribution in [3.63, 3.8) is 0 Å². The predicted molar refractivity (Wildman–Crippen MR) is 83.8 cm³/mol. The first-order valence-corrected chi connectivity index (χ1v) is 6.98. The molecule has 22 heavy (non-hydrogen) atoms. The highest BCUT2D eigenvalue weighted by molar-refractivity contribution is 5.94. The Morgan fingerprint density at radius 2 is 2.05 bits per heavy atom. The van der Waals surface area contributed by atoms with Gasteiger partial charge in [0.15, 0.2) is 5.58 Å². The Bertz CT molecular complexity index is 906. The zero-order valence-electron chi connectivity index (χ0n) is 12.4. The van der Waals surface area contributed by atoms with Gasteiger partial charge in [0.05, 0.1) is 5.52 Å². The predicted octanol–water partition coefficient (Wildman–Crippen LogP) is 2.37. The van der Waals surface area contributed by atoms with Crippen LogP contribution < -0.4 is 11.1 Å². The number of benzene rings is 2. The molecule has 0 fully saturated rings. The maximum Gasteiger partial charge on any atom is 0.419 e. The van der Waals surface area contributed by atoms with Crippen molar-refractivity contribution in [3.05, 3.63) is 69.7 Å². The molecule has 5 nitrogen and oxygen atoms in total. The van der Waals surface area contributed by atoms with Gasteiger partial charge >= 0.3 is 5.76 Å². The number of carbonyl (C=O) groups excluding carboxylic acids is 1. The average molecular weight is 296 g/mol. The molecule has 0 spiro atoms. The summed E-state index contributed by atoms with van der Waals surface area (Å²) < 4.78 is 6.53. The highest BCUT2D eigenvalue weighted by Gasteiger charge is 2.08. The van der Waals surface area contributed by atoms with Crippen LogP contribution >= 0.6 is 0 Å². The van der Waals surface area contributed by atoms with Crippen LogP contribution in [0.2, 0.25) is 0 Å². The number of rotatable bonds is 3. The summed E-state index contributed by atoms with van der Waals surface area (Å²) in [4.78, 5) is 23.6. The van der Waals surface area contributed by atoms with Crippen LogP contribution in [0.3, 0.4) is 0 Å². The molecule has 0 aliphatic heterocycles. The zero-order chi connectivity index (χ0) is 15.7. The van der Waals surface area contributed by atoms with Crippen molar-refractivity contribution in [1.29, 1.82) is 0 Å². The SMILES string of the molecule is Cc1cccc(C(=O)NCc2ccc3oc(=O)n(C)c3c2)c1. The fraction of sp³-hybridized carbons (Fsp3) is 0.176. The Morgan fingerprint density at radius 3 is 2.82 bits per heavy atom. The molecule has 2 aromatic carbocycles. The van der Waals surface area contributed by atoms with E-state index in [0.717, 1.165) is 11.1 Å². The van der Waals surface area contributed by atoms with E-state index >= 15 is 0 Å². The van der Waals surface area contributed by atoms with E-state index in [1.54, 1.807) is 19.2 Å². The first-order chi connectivity index (χ1) is 10.5. The van der Waals surface area contributed by atoms with Crippen LogP contribution in [0, 0.1) is 6.92 Å². The Morgan fingerprint density at radius 1 is 1.23 bits per heavy atom. The van der Waals surface area contributed by atoms with Gasteiger partial charge in [0.2, 0.25) is 0 Å². The van der Waals surface area contributed by atoms with Gasteiger partial charge in [-0.3, -0.25) is 9.36 Å². The first kappa shape index (κ1) is 14.1. The van der Waals surface area contributed by atoms with Crippen LogP contribution in [0.15, 0.2) is 51.7 Å². The van der Waals surface area contributed by atoms with E-state index in [9.17, 15) is 9.59 Å². The maximum absolute atomic E-state index is 12.1. The van der Waals surface area contributed by atoms with Crippen molar-refractivity contribution >= 4 is 17.0 Å². The summed E-state index contributed by atoms with van der Waals surface area (Å²) in [5, 5.41) is 2.88. The molecule has 1 amide bonds. The second-order valence-corrected chi connectivity index (χ2v) is 5.28. The van der Waals surface area contributed by atoms with Crippen LogP contribution in [0.4, 0.5) is 0 Å². The van der Waals surface area contributed by atoms with Gasteiger partial charge < -0.3 is 9.73 Å². The number of hydrogen-bond acceptors (Lipinski definition) is 3. The molecule has 1 N–H and O–H groups in total. The van der Waals surface area contributed by atoms with E-state index in [2.05, 4.69) is 5.32 Å². The van der Waals surface area contributed by atoms with Crippen LogP contribution in [0.5, 0.6) is 0 Å². The topological polar surface area (TPSA) is 64.2 Å². The minimum atomic E-state index is -0.393. The largest absolute Gasteiger partial charge is 0.419 e. The van der Waals surface area contributed by atoms with Gasteiger partial charge in [0.25, 0.3) is 5.91 Å². The zero-order valence-corrected chi connectivity index (χ0v) is 12.4.